The van der Waals surface area contributed by atoms with Gasteiger partial charge in [-0.15, -0.1) is 0 Å². The van der Waals surface area contributed by atoms with E-state index in [4.69, 9.17) is 0 Å². The van der Waals surface area contributed by atoms with E-state index in [1.54, 1.807) is 0 Å². The molecule has 2 rings (SSSR count). The van der Waals surface area contributed by atoms with Crippen LogP contribution >= 0.6 is 0 Å². The molecule has 0 radical (unpaired) electrons. The minimum absolute atomic E-state index is 0.00230. The molecule has 3 N–H and O–H groups in total. The van der Waals surface area contributed by atoms with Crippen LogP contribution in [0.15, 0.2) is 30.3 Å². The van der Waals surface area contributed by atoms with Gasteiger partial charge in [0.1, 0.15) is 0 Å². The zero-order chi connectivity index (χ0) is 12.8. The number of benzene rings is 1. The van der Waals surface area contributed by atoms with E-state index in [1.165, 1.54) is 0 Å². The van der Waals surface area contributed by atoms with Crippen LogP contribution < -0.4 is 10.6 Å². The first-order valence-corrected chi connectivity index (χ1v) is 6.48. The number of aliphatic hydroxyl groups is 1. The third-order valence-corrected chi connectivity index (χ3v) is 3.27. The molecule has 1 aromatic rings. The van der Waals surface area contributed by atoms with Crippen LogP contribution in [-0.2, 0) is 11.2 Å². The van der Waals surface area contributed by atoms with Crippen molar-refractivity contribution in [1.82, 2.24) is 10.6 Å². The summed E-state index contributed by atoms with van der Waals surface area (Å²) in [5.41, 5.74) is 1.12. The average molecular weight is 248 g/mol. The summed E-state index contributed by atoms with van der Waals surface area (Å²) >= 11 is 0. The van der Waals surface area contributed by atoms with Crippen LogP contribution in [0.2, 0.25) is 0 Å². The van der Waals surface area contributed by atoms with E-state index in [-0.39, 0.29) is 24.6 Å². The topological polar surface area (TPSA) is 61.4 Å². The van der Waals surface area contributed by atoms with Crippen LogP contribution in [0.5, 0.6) is 0 Å². The zero-order valence-electron chi connectivity index (χ0n) is 10.4. The van der Waals surface area contributed by atoms with Gasteiger partial charge >= 0.3 is 0 Å². The van der Waals surface area contributed by atoms with Crippen LogP contribution in [0.25, 0.3) is 0 Å². The van der Waals surface area contributed by atoms with E-state index >= 15 is 0 Å². The van der Waals surface area contributed by atoms with Crippen LogP contribution in [-0.4, -0.2) is 36.2 Å². The second-order valence-electron chi connectivity index (χ2n) is 4.73. The van der Waals surface area contributed by atoms with Crippen LogP contribution in [0.1, 0.15) is 18.4 Å². The van der Waals surface area contributed by atoms with E-state index in [2.05, 4.69) is 10.6 Å². The number of hydrogen-bond acceptors (Lipinski definition) is 3. The van der Waals surface area contributed by atoms with Gasteiger partial charge in [0.2, 0.25) is 5.91 Å². The number of amides is 1. The Morgan fingerprint density at radius 3 is 2.83 bits per heavy atom. The monoisotopic (exact) mass is 248 g/mol. The first kappa shape index (κ1) is 13.1. The molecule has 0 aromatic heterocycles. The molecule has 4 nitrogen and oxygen atoms in total. The van der Waals surface area contributed by atoms with Gasteiger partial charge < -0.3 is 15.7 Å². The maximum Gasteiger partial charge on any atom is 0.237 e. The Morgan fingerprint density at radius 1 is 1.44 bits per heavy atom. The minimum Gasteiger partial charge on any atom is -0.394 e. The van der Waals surface area contributed by atoms with Gasteiger partial charge in [0.25, 0.3) is 0 Å². The standard InChI is InChI=1S/C14H20N2O2/c17-10-12(9-11-5-2-1-3-6-11)16-14(18)13-7-4-8-15-13/h1-3,5-6,12-13,15,17H,4,7-10H2,(H,16,18)/t12?,13-/m0/s1. The average Bonchev–Trinajstić information content (AvgIpc) is 2.93. The maximum absolute atomic E-state index is 11.9. The van der Waals surface area contributed by atoms with Crippen molar-refractivity contribution < 1.29 is 9.90 Å². The molecule has 0 spiro atoms. The first-order chi connectivity index (χ1) is 8.79. The molecule has 0 bridgehead atoms. The Labute approximate surface area is 107 Å². The Kier molecular flexibility index (Phi) is 4.73. The zero-order valence-corrected chi connectivity index (χ0v) is 10.4. The van der Waals surface area contributed by atoms with Gasteiger partial charge in [-0.05, 0) is 31.4 Å². The summed E-state index contributed by atoms with van der Waals surface area (Å²) in [6.45, 7) is 0.869. The molecule has 4 heteroatoms. The van der Waals surface area contributed by atoms with Crippen molar-refractivity contribution >= 4 is 5.91 Å². The van der Waals surface area contributed by atoms with Crippen LogP contribution in [0.3, 0.4) is 0 Å². The van der Waals surface area contributed by atoms with Gasteiger partial charge in [0.05, 0.1) is 18.7 Å². The Bertz CT molecular complexity index is 375. The van der Waals surface area contributed by atoms with Crippen molar-refractivity contribution in [1.29, 1.82) is 0 Å². The lowest BCUT2D eigenvalue weighted by atomic mass is 10.1. The molecule has 1 heterocycles. The highest BCUT2D eigenvalue weighted by Gasteiger charge is 2.23. The summed E-state index contributed by atoms with van der Waals surface area (Å²) in [4.78, 5) is 11.9. The summed E-state index contributed by atoms with van der Waals surface area (Å²) in [5.74, 6) is 0.00230. The number of aliphatic hydroxyl groups excluding tert-OH is 1. The summed E-state index contributed by atoms with van der Waals surface area (Å²) in [5, 5.41) is 15.4. The third kappa shape index (κ3) is 3.55. The van der Waals surface area contributed by atoms with Gasteiger partial charge in [-0.3, -0.25) is 4.79 Å². The number of hydrogen-bond donors (Lipinski definition) is 3. The van der Waals surface area contributed by atoms with Gasteiger partial charge in [-0.25, -0.2) is 0 Å². The fraction of sp³-hybridized carbons (Fsp3) is 0.500. The fourth-order valence-electron chi connectivity index (χ4n) is 2.27. The van der Waals surface area contributed by atoms with Crippen molar-refractivity contribution in [2.45, 2.75) is 31.3 Å². The smallest absolute Gasteiger partial charge is 0.237 e. The van der Waals surface area contributed by atoms with Crippen molar-refractivity contribution in [3.63, 3.8) is 0 Å². The highest BCUT2D eigenvalue weighted by molar-refractivity contribution is 5.82. The lowest BCUT2D eigenvalue weighted by molar-refractivity contribution is -0.123. The van der Waals surface area contributed by atoms with Crippen molar-refractivity contribution in [3.05, 3.63) is 35.9 Å². The van der Waals surface area contributed by atoms with E-state index < -0.39 is 0 Å². The molecule has 18 heavy (non-hydrogen) atoms. The Balaban J connectivity index is 1.87. The summed E-state index contributed by atoms with van der Waals surface area (Å²) in [6, 6.07) is 9.59. The summed E-state index contributed by atoms with van der Waals surface area (Å²) in [7, 11) is 0. The quantitative estimate of drug-likeness (QED) is 0.709. The lowest BCUT2D eigenvalue weighted by Gasteiger charge is -2.19. The van der Waals surface area contributed by atoms with E-state index in [1.807, 2.05) is 30.3 Å². The molecule has 1 aliphatic rings. The normalized spacial score (nSPS) is 20.6. The van der Waals surface area contributed by atoms with Gasteiger partial charge in [0.15, 0.2) is 0 Å². The second kappa shape index (κ2) is 6.52. The number of carbonyl (C=O) groups excluding carboxylic acids is 1. The Hall–Kier alpha value is -1.39. The second-order valence-corrected chi connectivity index (χ2v) is 4.73. The van der Waals surface area contributed by atoms with Gasteiger partial charge in [-0.1, -0.05) is 30.3 Å². The van der Waals surface area contributed by atoms with Crippen LogP contribution in [0, 0.1) is 0 Å². The fourth-order valence-corrected chi connectivity index (χ4v) is 2.27. The minimum atomic E-state index is -0.206. The summed E-state index contributed by atoms with van der Waals surface area (Å²) < 4.78 is 0. The summed E-state index contributed by atoms with van der Waals surface area (Å²) in [6.07, 6.45) is 2.59. The molecule has 98 valence electrons. The highest BCUT2D eigenvalue weighted by atomic mass is 16.3. The molecule has 2 atom stereocenters. The third-order valence-electron chi connectivity index (χ3n) is 3.27. The van der Waals surface area contributed by atoms with E-state index in [0.29, 0.717) is 6.42 Å². The van der Waals surface area contributed by atoms with Crippen molar-refractivity contribution in [3.8, 4) is 0 Å². The largest absolute Gasteiger partial charge is 0.394 e. The molecule has 1 amide bonds. The van der Waals surface area contributed by atoms with Crippen molar-refractivity contribution in [2.75, 3.05) is 13.2 Å². The first-order valence-electron chi connectivity index (χ1n) is 6.48. The van der Waals surface area contributed by atoms with Gasteiger partial charge in [-0.2, -0.15) is 0 Å². The molecule has 1 aromatic carbocycles. The maximum atomic E-state index is 11.9. The van der Waals surface area contributed by atoms with Crippen LogP contribution in [0.4, 0.5) is 0 Å². The molecule has 1 saturated heterocycles. The number of nitrogens with one attached hydrogen (secondary N) is 2. The molecular formula is C14H20N2O2. The van der Waals surface area contributed by atoms with Gasteiger partial charge in [0, 0.05) is 0 Å². The molecule has 1 fully saturated rings. The predicted octanol–water partition coefficient (Wildman–Crippen LogP) is 0.458. The molecule has 0 aliphatic carbocycles. The van der Waals surface area contributed by atoms with Crippen molar-refractivity contribution in [2.24, 2.45) is 0 Å². The van der Waals surface area contributed by atoms with E-state index in [0.717, 1.165) is 24.9 Å². The highest BCUT2D eigenvalue weighted by Crippen LogP contribution is 2.07. The molecule has 0 saturated carbocycles. The number of rotatable bonds is 5. The van der Waals surface area contributed by atoms with E-state index in [9.17, 15) is 9.90 Å². The SMILES string of the molecule is O=C(NC(CO)Cc1ccccc1)[C@@H]1CCCN1. The molecular weight excluding hydrogens is 228 g/mol. The lowest BCUT2D eigenvalue weighted by Crippen LogP contribution is -2.47. The predicted molar refractivity (Wildman–Crippen MR) is 70.2 cm³/mol. The molecule has 1 unspecified atom stereocenters. The molecule has 1 aliphatic heterocycles. The Morgan fingerprint density at radius 2 is 2.22 bits per heavy atom. The number of carbonyl (C=O) groups is 1.